The minimum Gasteiger partial charge on any atom is -0.392 e. The third-order valence-electron chi connectivity index (χ3n) is 2.91. The van der Waals surface area contributed by atoms with Crippen molar-refractivity contribution < 1.29 is 9.84 Å². The molecule has 0 aromatic heterocycles. The molecule has 3 nitrogen and oxygen atoms in total. The molecule has 2 saturated heterocycles. The third kappa shape index (κ3) is 1.17. The van der Waals surface area contributed by atoms with E-state index in [0.29, 0.717) is 0 Å². The van der Waals surface area contributed by atoms with Crippen molar-refractivity contribution in [2.45, 2.75) is 18.9 Å². The molecule has 3 heteroatoms. The molecular formula is C8H15NO2. The lowest BCUT2D eigenvalue weighted by atomic mass is 9.79. The standard InChI is InChI=1S/C8H15NO2/c10-7-1-4-11-6-8(7)2-3-9-5-8/h7,9-10H,1-6H2. The number of ether oxygens (including phenoxy) is 1. The van der Waals surface area contributed by atoms with Crippen LogP contribution in [0.3, 0.4) is 0 Å². The molecule has 1 spiro atoms. The van der Waals surface area contributed by atoms with Crippen molar-refractivity contribution in [2.24, 2.45) is 5.41 Å². The Bertz CT molecular complexity index is 143. The molecule has 0 aromatic rings. The zero-order valence-electron chi connectivity index (χ0n) is 6.68. The van der Waals surface area contributed by atoms with Crippen LogP contribution in [-0.2, 0) is 4.74 Å². The Hall–Kier alpha value is -0.120. The third-order valence-corrected chi connectivity index (χ3v) is 2.91. The van der Waals surface area contributed by atoms with Gasteiger partial charge in [-0.05, 0) is 19.4 Å². The highest BCUT2D eigenvalue weighted by Gasteiger charge is 2.42. The number of rotatable bonds is 0. The molecule has 2 atom stereocenters. The van der Waals surface area contributed by atoms with Gasteiger partial charge >= 0.3 is 0 Å². The first-order valence-electron chi connectivity index (χ1n) is 4.30. The van der Waals surface area contributed by atoms with Crippen molar-refractivity contribution in [3.8, 4) is 0 Å². The fraction of sp³-hybridized carbons (Fsp3) is 1.00. The van der Waals surface area contributed by atoms with Crippen LogP contribution in [0.4, 0.5) is 0 Å². The highest BCUT2D eigenvalue weighted by atomic mass is 16.5. The predicted octanol–water partition coefficient (Wildman–Crippen LogP) is -0.253. The number of hydrogen-bond donors (Lipinski definition) is 2. The number of aliphatic hydroxyl groups is 1. The quantitative estimate of drug-likeness (QED) is 0.509. The molecule has 2 unspecified atom stereocenters. The van der Waals surface area contributed by atoms with Crippen LogP contribution in [0.2, 0.25) is 0 Å². The highest BCUT2D eigenvalue weighted by molar-refractivity contribution is 4.95. The molecule has 0 radical (unpaired) electrons. The molecule has 64 valence electrons. The van der Waals surface area contributed by atoms with E-state index in [9.17, 15) is 5.11 Å². The highest BCUT2D eigenvalue weighted by Crippen LogP contribution is 2.34. The van der Waals surface area contributed by atoms with Gasteiger partial charge in [0.15, 0.2) is 0 Å². The van der Waals surface area contributed by atoms with Crippen LogP contribution < -0.4 is 5.32 Å². The molecule has 2 aliphatic heterocycles. The molecule has 2 fully saturated rings. The lowest BCUT2D eigenvalue weighted by molar-refractivity contribution is -0.0887. The Balaban J connectivity index is 2.07. The van der Waals surface area contributed by atoms with Crippen molar-refractivity contribution in [1.29, 1.82) is 0 Å². The summed E-state index contributed by atoms with van der Waals surface area (Å²) in [5.41, 5.74) is 0.0538. The zero-order valence-corrected chi connectivity index (χ0v) is 6.68. The summed E-state index contributed by atoms with van der Waals surface area (Å²) in [6.07, 6.45) is 1.72. The van der Waals surface area contributed by atoms with Gasteiger partial charge in [0.1, 0.15) is 0 Å². The van der Waals surface area contributed by atoms with Crippen LogP contribution in [0.5, 0.6) is 0 Å². The molecule has 0 aromatic carbocycles. The molecule has 0 bridgehead atoms. The average molecular weight is 157 g/mol. The van der Waals surface area contributed by atoms with Crippen molar-refractivity contribution in [3.05, 3.63) is 0 Å². The average Bonchev–Trinajstić information content (AvgIpc) is 2.46. The lowest BCUT2D eigenvalue weighted by Gasteiger charge is -2.37. The Morgan fingerprint density at radius 3 is 3.09 bits per heavy atom. The maximum absolute atomic E-state index is 9.74. The van der Waals surface area contributed by atoms with Crippen LogP contribution in [0.15, 0.2) is 0 Å². The van der Waals surface area contributed by atoms with Gasteiger partial charge in [0, 0.05) is 18.6 Å². The van der Waals surface area contributed by atoms with Crippen LogP contribution in [0.25, 0.3) is 0 Å². The summed E-state index contributed by atoms with van der Waals surface area (Å²) in [5, 5.41) is 13.0. The first kappa shape index (κ1) is 7.53. The van der Waals surface area contributed by atoms with Gasteiger partial charge in [0.25, 0.3) is 0 Å². The largest absolute Gasteiger partial charge is 0.392 e. The van der Waals surface area contributed by atoms with E-state index in [-0.39, 0.29) is 11.5 Å². The second kappa shape index (κ2) is 2.73. The minimum atomic E-state index is -0.147. The van der Waals surface area contributed by atoms with E-state index in [1.54, 1.807) is 0 Å². The molecule has 2 N–H and O–H groups in total. The molecule has 0 saturated carbocycles. The van der Waals surface area contributed by atoms with Gasteiger partial charge in [0.2, 0.25) is 0 Å². The van der Waals surface area contributed by atoms with E-state index in [0.717, 1.165) is 39.1 Å². The summed E-state index contributed by atoms with van der Waals surface area (Å²) in [6, 6.07) is 0. The smallest absolute Gasteiger partial charge is 0.0653 e. The van der Waals surface area contributed by atoms with E-state index in [4.69, 9.17) is 4.74 Å². The van der Waals surface area contributed by atoms with Crippen molar-refractivity contribution in [3.63, 3.8) is 0 Å². The van der Waals surface area contributed by atoms with E-state index in [1.807, 2.05) is 0 Å². The van der Waals surface area contributed by atoms with E-state index < -0.39 is 0 Å². The predicted molar refractivity (Wildman–Crippen MR) is 41.4 cm³/mol. The van der Waals surface area contributed by atoms with Crippen molar-refractivity contribution in [2.75, 3.05) is 26.3 Å². The first-order valence-corrected chi connectivity index (χ1v) is 4.30. The maximum Gasteiger partial charge on any atom is 0.0653 e. The van der Waals surface area contributed by atoms with Crippen LogP contribution in [0, 0.1) is 5.41 Å². The van der Waals surface area contributed by atoms with Gasteiger partial charge in [-0.3, -0.25) is 0 Å². The van der Waals surface area contributed by atoms with E-state index in [1.165, 1.54) is 0 Å². The summed E-state index contributed by atoms with van der Waals surface area (Å²) < 4.78 is 5.38. The minimum absolute atomic E-state index is 0.0538. The van der Waals surface area contributed by atoms with Gasteiger partial charge in [-0.2, -0.15) is 0 Å². The Morgan fingerprint density at radius 2 is 2.45 bits per heavy atom. The number of hydrogen-bond acceptors (Lipinski definition) is 3. The van der Waals surface area contributed by atoms with Gasteiger partial charge < -0.3 is 15.2 Å². The fourth-order valence-electron chi connectivity index (χ4n) is 2.04. The molecule has 2 heterocycles. The summed E-state index contributed by atoms with van der Waals surface area (Å²) in [4.78, 5) is 0. The van der Waals surface area contributed by atoms with Gasteiger partial charge in [-0.15, -0.1) is 0 Å². The second-order valence-corrected chi connectivity index (χ2v) is 3.65. The molecule has 11 heavy (non-hydrogen) atoms. The molecular weight excluding hydrogens is 142 g/mol. The second-order valence-electron chi connectivity index (χ2n) is 3.65. The van der Waals surface area contributed by atoms with Crippen LogP contribution in [-0.4, -0.2) is 37.5 Å². The summed E-state index contributed by atoms with van der Waals surface area (Å²) in [5.74, 6) is 0. The summed E-state index contributed by atoms with van der Waals surface area (Å²) in [7, 11) is 0. The van der Waals surface area contributed by atoms with Crippen molar-refractivity contribution in [1.82, 2.24) is 5.32 Å². The normalized spacial score (nSPS) is 45.0. The number of aliphatic hydroxyl groups excluding tert-OH is 1. The Kier molecular flexibility index (Phi) is 1.87. The van der Waals surface area contributed by atoms with Crippen LogP contribution >= 0.6 is 0 Å². The fourth-order valence-corrected chi connectivity index (χ4v) is 2.04. The summed E-state index contributed by atoms with van der Waals surface area (Å²) in [6.45, 7) is 3.42. The zero-order chi connectivity index (χ0) is 7.73. The molecule has 0 amide bonds. The topological polar surface area (TPSA) is 41.5 Å². The molecule has 0 aliphatic carbocycles. The van der Waals surface area contributed by atoms with Gasteiger partial charge in [-0.1, -0.05) is 0 Å². The Labute approximate surface area is 66.7 Å². The Morgan fingerprint density at radius 1 is 1.55 bits per heavy atom. The van der Waals surface area contributed by atoms with E-state index in [2.05, 4.69) is 5.32 Å². The molecule has 2 aliphatic rings. The first-order chi connectivity index (χ1) is 5.33. The SMILES string of the molecule is OC1CCOCC12CCNC2. The van der Waals surface area contributed by atoms with Gasteiger partial charge in [0.05, 0.1) is 12.7 Å². The van der Waals surface area contributed by atoms with Crippen molar-refractivity contribution >= 4 is 0 Å². The van der Waals surface area contributed by atoms with Gasteiger partial charge in [-0.25, -0.2) is 0 Å². The number of nitrogens with one attached hydrogen (secondary N) is 1. The monoisotopic (exact) mass is 157 g/mol. The maximum atomic E-state index is 9.74. The molecule has 2 rings (SSSR count). The summed E-state index contributed by atoms with van der Waals surface area (Å²) >= 11 is 0. The van der Waals surface area contributed by atoms with Crippen LogP contribution in [0.1, 0.15) is 12.8 Å². The van der Waals surface area contributed by atoms with E-state index >= 15 is 0 Å². The lowest BCUT2D eigenvalue weighted by Crippen LogP contribution is -2.45.